The molecule has 0 aliphatic carbocycles. The van der Waals surface area contributed by atoms with E-state index in [-0.39, 0.29) is 16.6 Å². The summed E-state index contributed by atoms with van der Waals surface area (Å²) in [5.74, 6) is -2.40. The molecule has 1 N–H and O–H groups in total. The smallest absolute Gasteiger partial charge is 0.489 e. The first kappa shape index (κ1) is 31.3. The van der Waals surface area contributed by atoms with Crippen molar-refractivity contribution in [3.05, 3.63) is 29.8 Å². The second-order valence-electron chi connectivity index (χ2n) is 8.95. The lowest BCUT2D eigenvalue weighted by Crippen LogP contribution is -2.46. The molecular formula is C23H32F4N4O6S. The van der Waals surface area contributed by atoms with Crippen LogP contribution >= 0.6 is 0 Å². The normalized spacial score (nSPS) is 14.9. The van der Waals surface area contributed by atoms with E-state index in [4.69, 9.17) is 19.2 Å². The highest BCUT2D eigenvalue weighted by Crippen LogP contribution is 2.24. The molecule has 10 nitrogen and oxygen atoms in total. The molecule has 0 saturated carbocycles. The number of piperidine rings is 1. The van der Waals surface area contributed by atoms with Gasteiger partial charge in [0.05, 0.1) is 4.90 Å². The van der Waals surface area contributed by atoms with Crippen LogP contribution in [0.4, 0.5) is 23.6 Å². The van der Waals surface area contributed by atoms with Crippen LogP contribution in [0.5, 0.6) is 5.75 Å². The van der Waals surface area contributed by atoms with Crippen molar-refractivity contribution in [1.29, 1.82) is 0 Å². The summed E-state index contributed by atoms with van der Waals surface area (Å²) >= 11 is 0. The summed E-state index contributed by atoms with van der Waals surface area (Å²) in [6.45, 7) is 9.69. The van der Waals surface area contributed by atoms with E-state index in [1.54, 1.807) is 0 Å². The number of hydrogen-bond acceptors (Lipinski definition) is 9. The molecule has 38 heavy (non-hydrogen) atoms. The Morgan fingerprint density at radius 2 is 1.89 bits per heavy atom. The maximum absolute atomic E-state index is 14.2. The molecule has 1 aliphatic rings. The molecule has 0 bridgehead atoms. The van der Waals surface area contributed by atoms with Crippen molar-refractivity contribution in [2.75, 3.05) is 43.9 Å². The zero-order valence-electron chi connectivity index (χ0n) is 21.5. The van der Waals surface area contributed by atoms with E-state index in [9.17, 15) is 26.0 Å². The van der Waals surface area contributed by atoms with Crippen molar-refractivity contribution in [3.8, 4) is 5.75 Å². The fourth-order valence-corrected chi connectivity index (χ4v) is 4.35. The van der Waals surface area contributed by atoms with Crippen LogP contribution in [0.3, 0.4) is 0 Å². The van der Waals surface area contributed by atoms with Crippen molar-refractivity contribution in [1.82, 2.24) is 15.0 Å². The molecule has 1 fully saturated rings. The van der Waals surface area contributed by atoms with Crippen LogP contribution in [0, 0.1) is 5.82 Å². The lowest BCUT2D eigenvalue weighted by atomic mass is 10.0. The summed E-state index contributed by atoms with van der Waals surface area (Å²) in [7, 11) is -3.45. The standard InChI is InChI=1S/C21H31FN4O4S.C2HF3O2/c1-5-25(12-13-29-19-7-6-17(14-18(19)22)31(4,27)28)16-8-10-26(11-9-16)21-23-20(15(2)3)24-30-21;3-2(4,5)1(6)7/h6-7,14-16H,5,8-13H2,1-4H3;(H,6,7). The molecule has 1 aromatic heterocycles. The number of rotatable bonds is 9. The second-order valence-corrected chi connectivity index (χ2v) is 11.0. The number of aromatic nitrogens is 2. The van der Waals surface area contributed by atoms with Gasteiger partial charge < -0.3 is 19.3 Å². The summed E-state index contributed by atoms with van der Waals surface area (Å²) in [6, 6.07) is 4.72. The summed E-state index contributed by atoms with van der Waals surface area (Å²) in [5, 5.41) is 11.2. The number of ether oxygens (including phenoxy) is 1. The lowest BCUT2D eigenvalue weighted by molar-refractivity contribution is -0.192. The fourth-order valence-electron chi connectivity index (χ4n) is 3.71. The second kappa shape index (κ2) is 13.2. The van der Waals surface area contributed by atoms with Crippen LogP contribution in [-0.4, -0.2) is 85.8 Å². The van der Waals surface area contributed by atoms with Gasteiger partial charge in [0.25, 0.3) is 0 Å². The van der Waals surface area contributed by atoms with Crippen molar-refractivity contribution in [2.45, 2.75) is 56.6 Å². The molecule has 0 spiro atoms. The Labute approximate surface area is 218 Å². The Bertz CT molecular complexity index is 1160. The van der Waals surface area contributed by atoms with Crippen LogP contribution in [0.1, 0.15) is 45.4 Å². The Morgan fingerprint density at radius 3 is 2.34 bits per heavy atom. The quantitative estimate of drug-likeness (QED) is 0.447. The van der Waals surface area contributed by atoms with Gasteiger partial charge in [-0.3, -0.25) is 4.90 Å². The molecule has 1 aliphatic heterocycles. The molecular weight excluding hydrogens is 536 g/mol. The average Bonchev–Trinajstić information content (AvgIpc) is 3.33. The van der Waals surface area contributed by atoms with Crippen LogP contribution in [0.25, 0.3) is 0 Å². The largest absolute Gasteiger partial charge is 0.490 e. The number of sulfone groups is 1. The van der Waals surface area contributed by atoms with Crippen molar-refractivity contribution in [3.63, 3.8) is 0 Å². The number of hydrogen-bond donors (Lipinski definition) is 1. The molecule has 15 heteroatoms. The van der Waals surface area contributed by atoms with Crippen molar-refractivity contribution < 1.29 is 45.1 Å². The van der Waals surface area contributed by atoms with Gasteiger partial charge in [0.1, 0.15) is 6.61 Å². The van der Waals surface area contributed by atoms with E-state index >= 15 is 0 Å². The summed E-state index contributed by atoms with van der Waals surface area (Å²) in [6.07, 6.45) is -2.11. The van der Waals surface area contributed by atoms with E-state index in [0.717, 1.165) is 50.6 Å². The zero-order valence-corrected chi connectivity index (χ0v) is 22.4. The lowest BCUT2D eigenvalue weighted by Gasteiger charge is -2.37. The number of carbonyl (C=O) groups is 1. The highest BCUT2D eigenvalue weighted by atomic mass is 32.2. The van der Waals surface area contributed by atoms with Crippen LogP contribution < -0.4 is 9.64 Å². The van der Waals surface area contributed by atoms with E-state index in [0.29, 0.717) is 25.2 Å². The predicted molar refractivity (Wildman–Crippen MR) is 130 cm³/mol. The Morgan fingerprint density at radius 1 is 1.29 bits per heavy atom. The van der Waals surface area contributed by atoms with E-state index in [1.165, 1.54) is 12.1 Å². The molecule has 1 aromatic carbocycles. The Hall–Kier alpha value is -2.94. The first-order valence-electron chi connectivity index (χ1n) is 11.9. The molecule has 2 aromatic rings. The molecule has 0 amide bonds. The van der Waals surface area contributed by atoms with Gasteiger partial charge in [-0.2, -0.15) is 18.2 Å². The van der Waals surface area contributed by atoms with Gasteiger partial charge in [-0.25, -0.2) is 17.6 Å². The number of halogens is 4. The van der Waals surface area contributed by atoms with Gasteiger partial charge >= 0.3 is 18.2 Å². The average molecular weight is 569 g/mol. The van der Waals surface area contributed by atoms with Crippen LogP contribution in [0.15, 0.2) is 27.6 Å². The minimum atomic E-state index is -5.08. The number of likely N-dealkylation sites (N-methyl/N-ethyl adjacent to an activating group) is 1. The monoisotopic (exact) mass is 568 g/mol. The predicted octanol–water partition coefficient (Wildman–Crippen LogP) is 3.74. The first-order valence-corrected chi connectivity index (χ1v) is 13.8. The zero-order chi connectivity index (χ0) is 28.7. The van der Waals surface area contributed by atoms with Gasteiger partial charge in [0.15, 0.2) is 27.2 Å². The number of carboxylic acid groups (broad SMARTS) is 1. The minimum Gasteiger partial charge on any atom is -0.489 e. The number of anilines is 1. The Balaban J connectivity index is 0.000000638. The first-order chi connectivity index (χ1) is 17.6. The van der Waals surface area contributed by atoms with E-state index in [2.05, 4.69) is 26.9 Å². The van der Waals surface area contributed by atoms with Crippen molar-refractivity contribution in [2.24, 2.45) is 0 Å². The number of aliphatic carboxylic acids is 1. The molecule has 0 unspecified atom stereocenters. The molecule has 1 saturated heterocycles. The third-order valence-electron chi connectivity index (χ3n) is 5.82. The maximum Gasteiger partial charge on any atom is 0.490 e. The third-order valence-corrected chi connectivity index (χ3v) is 6.93. The third kappa shape index (κ3) is 9.11. The summed E-state index contributed by atoms with van der Waals surface area (Å²) in [4.78, 5) is 17.8. The number of alkyl halides is 3. The maximum atomic E-state index is 14.2. The van der Waals surface area contributed by atoms with Gasteiger partial charge in [0.2, 0.25) is 0 Å². The van der Waals surface area contributed by atoms with E-state index < -0.39 is 27.8 Å². The van der Waals surface area contributed by atoms with Gasteiger partial charge in [-0.15, -0.1) is 0 Å². The number of benzene rings is 1. The molecule has 214 valence electrons. The molecule has 2 heterocycles. The topological polar surface area (TPSA) is 126 Å². The summed E-state index contributed by atoms with van der Waals surface area (Å²) in [5.41, 5.74) is 0. The fraction of sp³-hybridized carbons (Fsp3) is 0.609. The molecule has 3 rings (SSSR count). The van der Waals surface area contributed by atoms with Crippen LogP contribution in [0.2, 0.25) is 0 Å². The molecule has 0 atom stereocenters. The van der Waals surface area contributed by atoms with Gasteiger partial charge in [-0.1, -0.05) is 25.9 Å². The Kier molecular flexibility index (Phi) is 10.9. The SMILES string of the molecule is CCN(CCOc1ccc(S(C)(=O)=O)cc1F)C1CCN(c2nc(C(C)C)no2)CC1.O=C(O)C(F)(F)F. The van der Waals surface area contributed by atoms with Gasteiger partial charge in [-0.05, 0) is 37.6 Å². The van der Waals surface area contributed by atoms with Crippen molar-refractivity contribution >= 4 is 21.8 Å². The number of carboxylic acids is 1. The highest BCUT2D eigenvalue weighted by Gasteiger charge is 2.38. The minimum absolute atomic E-state index is 0.0546. The highest BCUT2D eigenvalue weighted by molar-refractivity contribution is 7.90. The van der Waals surface area contributed by atoms with Gasteiger partial charge in [0, 0.05) is 37.8 Å². The van der Waals surface area contributed by atoms with Crippen LogP contribution in [-0.2, 0) is 14.6 Å². The molecule has 0 radical (unpaired) electrons. The summed E-state index contributed by atoms with van der Waals surface area (Å²) < 4.78 is 79.9. The van der Waals surface area contributed by atoms with E-state index in [1.807, 2.05) is 13.8 Å². The number of nitrogens with zero attached hydrogens (tertiary/aromatic N) is 4.